The highest BCUT2D eigenvalue weighted by Crippen LogP contribution is 2.38. The van der Waals surface area contributed by atoms with Crippen molar-refractivity contribution in [3.63, 3.8) is 0 Å². The Bertz CT molecular complexity index is 395. The van der Waals surface area contributed by atoms with Crippen LogP contribution in [0.25, 0.3) is 0 Å². The predicted octanol–water partition coefficient (Wildman–Crippen LogP) is 4.68. The van der Waals surface area contributed by atoms with Gasteiger partial charge in [-0.15, -0.1) is 5.06 Å². The van der Waals surface area contributed by atoms with Crippen LogP contribution < -0.4 is 4.84 Å². The van der Waals surface area contributed by atoms with Crippen LogP contribution in [-0.4, -0.2) is 16.1 Å². The van der Waals surface area contributed by atoms with Gasteiger partial charge in [-0.05, 0) is 71.2 Å². The van der Waals surface area contributed by atoms with E-state index >= 15 is 0 Å². The topological polar surface area (TPSA) is 12.5 Å². The van der Waals surface area contributed by atoms with Crippen LogP contribution in [0.5, 0.6) is 5.75 Å². The zero-order valence-electron chi connectivity index (χ0n) is 11.7. The van der Waals surface area contributed by atoms with E-state index in [4.69, 9.17) is 16.4 Å². The summed E-state index contributed by atoms with van der Waals surface area (Å²) in [6, 6.07) is 7.56. The van der Waals surface area contributed by atoms with Gasteiger partial charge in [0.05, 0.1) is 11.1 Å². The van der Waals surface area contributed by atoms with Crippen LogP contribution in [-0.2, 0) is 0 Å². The molecule has 0 radical (unpaired) electrons. The molecule has 100 valence electrons. The highest BCUT2D eigenvalue weighted by molar-refractivity contribution is 6.30. The van der Waals surface area contributed by atoms with Gasteiger partial charge in [0.2, 0.25) is 0 Å². The third-order valence-electron chi connectivity index (χ3n) is 3.69. The third kappa shape index (κ3) is 2.81. The maximum absolute atomic E-state index is 6.12. The van der Waals surface area contributed by atoms with E-state index < -0.39 is 0 Å². The summed E-state index contributed by atoms with van der Waals surface area (Å²) in [4.78, 5) is 6.12. The lowest BCUT2D eigenvalue weighted by atomic mass is 9.82. The summed E-state index contributed by atoms with van der Waals surface area (Å²) in [5.74, 6) is 0.849. The van der Waals surface area contributed by atoms with Crippen molar-refractivity contribution in [2.75, 3.05) is 0 Å². The van der Waals surface area contributed by atoms with Crippen LogP contribution in [0.4, 0.5) is 0 Å². The molecule has 2 rings (SSSR count). The molecule has 0 aliphatic carbocycles. The van der Waals surface area contributed by atoms with Crippen molar-refractivity contribution >= 4 is 11.6 Å². The van der Waals surface area contributed by atoms with Gasteiger partial charge in [-0.25, -0.2) is 0 Å². The molecule has 0 spiro atoms. The Morgan fingerprint density at radius 2 is 1.50 bits per heavy atom. The standard InChI is InChI=1S/C15H22ClNO/c1-14(2)10-5-11-15(3,4)17(14)18-13-8-6-12(16)7-9-13/h6-9H,5,10-11H2,1-4H3. The lowest BCUT2D eigenvalue weighted by Gasteiger charge is -2.50. The molecule has 3 heteroatoms. The smallest absolute Gasteiger partial charge is 0.147 e. The molecule has 0 unspecified atom stereocenters. The van der Waals surface area contributed by atoms with Crippen molar-refractivity contribution in [1.29, 1.82) is 0 Å². The number of benzene rings is 1. The zero-order chi connectivity index (χ0) is 13.4. The first kappa shape index (κ1) is 13.7. The molecule has 0 aromatic heterocycles. The molecule has 0 saturated carbocycles. The summed E-state index contributed by atoms with van der Waals surface area (Å²) in [6.45, 7) is 8.96. The highest BCUT2D eigenvalue weighted by Gasteiger charge is 2.43. The van der Waals surface area contributed by atoms with E-state index in [1.165, 1.54) is 6.42 Å². The molecule has 1 heterocycles. The van der Waals surface area contributed by atoms with E-state index in [0.29, 0.717) is 0 Å². The van der Waals surface area contributed by atoms with Gasteiger partial charge in [0.25, 0.3) is 0 Å². The van der Waals surface area contributed by atoms with Crippen LogP contribution in [0.2, 0.25) is 5.02 Å². The fourth-order valence-corrected chi connectivity index (χ4v) is 2.95. The normalized spacial score (nSPS) is 22.7. The van der Waals surface area contributed by atoms with Gasteiger partial charge >= 0.3 is 0 Å². The van der Waals surface area contributed by atoms with Crippen molar-refractivity contribution in [3.05, 3.63) is 29.3 Å². The number of rotatable bonds is 2. The lowest BCUT2D eigenvalue weighted by molar-refractivity contribution is -0.216. The predicted molar refractivity (Wildman–Crippen MR) is 75.9 cm³/mol. The van der Waals surface area contributed by atoms with Gasteiger partial charge in [0.1, 0.15) is 5.75 Å². The van der Waals surface area contributed by atoms with Gasteiger partial charge in [0.15, 0.2) is 0 Å². The van der Waals surface area contributed by atoms with E-state index in [2.05, 4.69) is 32.8 Å². The molecule has 0 N–H and O–H groups in total. The minimum Gasteiger partial charge on any atom is -0.405 e. The second kappa shape index (κ2) is 4.75. The number of halogens is 1. The molecule has 0 amide bonds. The summed E-state index contributed by atoms with van der Waals surface area (Å²) in [7, 11) is 0. The summed E-state index contributed by atoms with van der Waals surface area (Å²) in [5, 5.41) is 2.88. The molecular weight excluding hydrogens is 246 g/mol. The van der Waals surface area contributed by atoms with Gasteiger partial charge in [-0.1, -0.05) is 11.6 Å². The Balaban J connectivity index is 2.21. The summed E-state index contributed by atoms with van der Waals surface area (Å²) >= 11 is 5.90. The first-order chi connectivity index (χ1) is 8.31. The summed E-state index contributed by atoms with van der Waals surface area (Å²) in [6.07, 6.45) is 3.56. The molecule has 2 nitrogen and oxygen atoms in total. The Morgan fingerprint density at radius 1 is 1.00 bits per heavy atom. The van der Waals surface area contributed by atoms with Crippen molar-refractivity contribution in [2.45, 2.75) is 58.0 Å². The lowest BCUT2D eigenvalue weighted by Crippen LogP contribution is -2.59. The Hall–Kier alpha value is -0.730. The quantitative estimate of drug-likeness (QED) is 0.772. The number of hydrogen-bond acceptors (Lipinski definition) is 2. The first-order valence-electron chi connectivity index (χ1n) is 6.55. The van der Waals surface area contributed by atoms with E-state index in [1.807, 2.05) is 24.3 Å². The molecular formula is C15H22ClNO. The summed E-state index contributed by atoms with van der Waals surface area (Å²) in [5.41, 5.74) is 0.114. The molecule has 1 aromatic carbocycles. The molecule has 1 aliphatic rings. The maximum atomic E-state index is 6.12. The Labute approximate surface area is 115 Å². The number of piperidine rings is 1. The van der Waals surface area contributed by atoms with Crippen molar-refractivity contribution < 1.29 is 4.84 Å². The van der Waals surface area contributed by atoms with Gasteiger partial charge in [-0.2, -0.15) is 0 Å². The summed E-state index contributed by atoms with van der Waals surface area (Å²) < 4.78 is 0. The minimum absolute atomic E-state index is 0.0569. The molecule has 0 atom stereocenters. The number of nitrogens with zero attached hydrogens (tertiary/aromatic N) is 1. The molecule has 1 fully saturated rings. The van der Waals surface area contributed by atoms with E-state index in [0.717, 1.165) is 23.6 Å². The van der Waals surface area contributed by atoms with Gasteiger partial charge < -0.3 is 4.84 Å². The third-order valence-corrected chi connectivity index (χ3v) is 3.94. The monoisotopic (exact) mass is 267 g/mol. The van der Waals surface area contributed by atoms with Crippen molar-refractivity contribution in [3.8, 4) is 5.75 Å². The number of hydrogen-bond donors (Lipinski definition) is 0. The molecule has 1 aromatic rings. The fraction of sp³-hybridized carbons (Fsp3) is 0.600. The molecule has 1 saturated heterocycles. The van der Waals surface area contributed by atoms with Crippen LogP contribution >= 0.6 is 11.6 Å². The van der Waals surface area contributed by atoms with Crippen LogP contribution in [0.15, 0.2) is 24.3 Å². The van der Waals surface area contributed by atoms with Gasteiger partial charge in [0, 0.05) is 5.02 Å². The second-order valence-electron chi connectivity index (χ2n) is 6.32. The zero-order valence-corrected chi connectivity index (χ0v) is 12.4. The highest BCUT2D eigenvalue weighted by atomic mass is 35.5. The second-order valence-corrected chi connectivity index (χ2v) is 6.75. The molecule has 0 bridgehead atoms. The first-order valence-corrected chi connectivity index (χ1v) is 6.93. The van der Waals surface area contributed by atoms with Crippen LogP contribution in [0, 0.1) is 0 Å². The minimum atomic E-state index is 0.0569. The largest absolute Gasteiger partial charge is 0.405 e. The SMILES string of the molecule is CC1(C)CCCC(C)(C)N1Oc1ccc(Cl)cc1. The average molecular weight is 268 g/mol. The van der Waals surface area contributed by atoms with Crippen molar-refractivity contribution in [1.82, 2.24) is 5.06 Å². The van der Waals surface area contributed by atoms with Crippen molar-refractivity contribution in [2.24, 2.45) is 0 Å². The Morgan fingerprint density at radius 3 is 2.00 bits per heavy atom. The van der Waals surface area contributed by atoms with Gasteiger partial charge in [-0.3, -0.25) is 0 Å². The van der Waals surface area contributed by atoms with E-state index in [1.54, 1.807) is 0 Å². The van der Waals surface area contributed by atoms with Crippen LogP contribution in [0.3, 0.4) is 0 Å². The maximum Gasteiger partial charge on any atom is 0.147 e. The fourth-order valence-electron chi connectivity index (χ4n) is 2.82. The van der Waals surface area contributed by atoms with E-state index in [-0.39, 0.29) is 11.1 Å². The number of hydroxylamine groups is 2. The van der Waals surface area contributed by atoms with E-state index in [9.17, 15) is 0 Å². The molecule has 18 heavy (non-hydrogen) atoms. The van der Waals surface area contributed by atoms with Crippen LogP contribution in [0.1, 0.15) is 47.0 Å². The molecule has 1 aliphatic heterocycles. The Kier molecular flexibility index (Phi) is 3.61. The average Bonchev–Trinajstić information content (AvgIpc) is 2.25.